The Balaban J connectivity index is 3.32. The van der Waals surface area contributed by atoms with E-state index in [-0.39, 0.29) is 12.3 Å². The van der Waals surface area contributed by atoms with Gasteiger partial charge in [-0.3, -0.25) is 0 Å². The van der Waals surface area contributed by atoms with Crippen LogP contribution in [-0.4, -0.2) is 22.3 Å². The summed E-state index contributed by atoms with van der Waals surface area (Å²) in [5.41, 5.74) is -0.269. The van der Waals surface area contributed by atoms with E-state index in [1.807, 2.05) is 0 Å². The molecule has 2 N–H and O–H groups in total. The molecule has 0 aliphatic carbocycles. The van der Waals surface area contributed by atoms with E-state index in [2.05, 4.69) is 0 Å². The van der Waals surface area contributed by atoms with Crippen LogP contribution in [0.15, 0.2) is 0 Å². The largest absolute Gasteiger partial charge is 0.508 e. The Morgan fingerprint density at radius 2 is 2.25 bits per heavy atom. The van der Waals surface area contributed by atoms with Gasteiger partial charge in [0.2, 0.25) is 0 Å². The van der Waals surface area contributed by atoms with Crippen molar-refractivity contribution in [2.24, 2.45) is 0 Å². The first-order valence-electron chi connectivity index (χ1n) is 2.44. The summed E-state index contributed by atoms with van der Waals surface area (Å²) in [6.07, 6.45) is 0.408. The monoisotopic (exact) mass is 137 g/mol. The molecule has 0 saturated carbocycles. The standard InChI is InChI=1S/C4H9O3P/c1-4(2-3-5)8(6)7/h4-5H,2-3H2,1H3/p+1. The van der Waals surface area contributed by atoms with Gasteiger partial charge in [0.1, 0.15) is 0 Å². The quantitative estimate of drug-likeness (QED) is 0.556. The molecule has 0 aromatic heterocycles. The van der Waals surface area contributed by atoms with Gasteiger partial charge in [0.05, 0.1) is 0 Å². The van der Waals surface area contributed by atoms with Crippen molar-refractivity contribution in [1.82, 2.24) is 0 Å². The molecule has 0 saturated heterocycles. The van der Waals surface area contributed by atoms with Gasteiger partial charge in [-0.1, -0.05) is 0 Å². The zero-order chi connectivity index (χ0) is 6.57. The van der Waals surface area contributed by atoms with Gasteiger partial charge in [-0.15, -0.1) is 0 Å². The van der Waals surface area contributed by atoms with Crippen LogP contribution in [0.4, 0.5) is 0 Å². The van der Waals surface area contributed by atoms with Crippen LogP contribution in [0.25, 0.3) is 0 Å². The number of aliphatic hydroxyl groups excluding tert-OH is 1. The number of hydrogen-bond donors (Lipinski definition) is 2. The Morgan fingerprint density at radius 1 is 1.75 bits per heavy atom. The lowest BCUT2D eigenvalue weighted by Crippen LogP contribution is -1.97. The van der Waals surface area contributed by atoms with Gasteiger partial charge in [-0.25, -0.2) is 0 Å². The topological polar surface area (TPSA) is 57.5 Å². The van der Waals surface area contributed by atoms with E-state index < -0.39 is 8.03 Å². The summed E-state index contributed by atoms with van der Waals surface area (Å²) >= 11 is 0. The molecule has 0 spiro atoms. The molecule has 0 aliphatic heterocycles. The van der Waals surface area contributed by atoms with E-state index in [1.165, 1.54) is 0 Å². The first-order valence-corrected chi connectivity index (χ1v) is 3.72. The lowest BCUT2D eigenvalue weighted by Gasteiger charge is -1.89. The summed E-state index contributed by atoms with van der Waals surface area (Å²) in [5.74, 6) is 0. The third-order valence-corrected chi connectivity index (χ3v) is 1.94. The minimum Gasteiger partial charge on any atom is -0.396 e. The first kappa shape index (κ1) is 8.02. The van der Waals surface area contributed by atoms with E-state index in [1.54, 1.807) is 6.92 Å². The van der Waals surface area contributed by atoms with Crippen molar-refractivity contribution >= 4 is 8.03 Å². The molecule has 0 aromatic carbocycles. The molecular formula is C4H10O3P+. The number of aliphatic hydroxyl groups is 1. The Kier molecular flexibility index (Phi) is 3.97. The maximum absolute atomic E-state index is 10.1. The van der Waals surface area contributed by atoms with Gasteiger partial charge in [0.25, 0.3) is 0 Å². The van der Waals surface area contributed by atoms with Crippen molar-refractivity contribution in [3.05, 3.63) is 0 Å². The fourth-order valence-electron chi connectivity index (χ4n) is 0.297. The van der Waals surface area contributed by atoms with Gasteiger partial charge in [0.15, 0.2) is 5.66 Å². The smallest absolute Gasteiger partial charge is 0.396 e. The summed E-state index contributed by atoms with van der Waals surface area (Å²) in [4.78, 5) is 8.35. The van der Waals surface area contributed by atoms with Crippen LogP contribution < -0.4 is 0 Å². The molecule has 0 rings (SSSR count). The van der Waals surface area contributed by atoms with Crippen molar-refractivity contribution in [3.63, 3.8) is 0 Å². The van der Waals surface area contributed by atoms with Gasteiger partial charge >= 0.3 is 8.03 Å². The summed E-state index contributed by atoms with van der Waals surface area (Å²) in [7, 11) is -2.08. The van der Waals surface area contributed by atoms with E-state index in [0.29, 0.717) is 6.42 Å². The molecule has 0 radical (unpaired) electrons. The second kappa shape index (κ2) is 3.96. The summed E-state index contributed by atoms with van der Waals surface area (Å²) < 4.78 is 10.1. The average molecular weight is 137 g/mol. The van der Waals surface area contributed by atoms with Crippen LogP contribution in [0.1, 0.15) is 13.3 Å². The van der Waals surface area contributed by atoms with Crippen LogP contribution in [0.3, 0.4) is 0 Å². The van der Waals surface area contributed by atoms with E-state index in [9.17, 15) is 4.57 Å². The van der Waals surface area contributed by atoms with Crippen LogP contribution in [-0.2, 0) is 4.57 Å². The minimum atomic E-state index is -2.08. The molecule has 48 valence electrons. The fraction of sp³-hybridized carbons (Fsp3) is 1.00. The van der Waals surface area contributed by atoms with Crippen molar-refractivity contribution in [2.45, 2.75) is 19.0 Å². The molecule has 8 heavy (non-hydrogen) atoms. The summed E-state index contributed by atoms with van der Waals surface area (Å²) in [6, 6.07) is 0. The SMILES string of the molecule is CC(CCO)[P+](=O)O. The van der Waals surface area contributed by atoms with Gasteiger partial charge in [-0.2, -0.15) is 4.89 Å². The molecule has 0 aromatic rings. The normalized spacial score (nSPS) is 15.6. The number of hydrogen-bond acceptors (Lipinski definition) is 2. The van der Waals surface area contributed by atoms with E-state index in [0.717, 1.165) is 0 Å². The van der Waals surface area contributed by atoms with Crippen LogP contribution in [0.5, 0.6) is 0 Å². The number of rotatable bonds is 3. The van der Waals surface area contributed by atoms with Crippen molar-refractivity contribution in [1.29, 1.82) is 0 Å². The highest BCUT2D eigenvalue weighted by Gasteiger charge is 2.21. The molecule has 0 amide bonds. The highest BCUT2D eigenvalue weighted by molar-refractivity contribution is 7.38. The highest BCUT2D eigenvalue weighted by Crippen LogP contribution is 2.23. The molecule has 0 heterocycles. The predicted molar refractivity (Wildman–Crippen MR) is 31.0 cm³/mol. The zero-order valence-corrected chi connectivity index (χ0v) is 5.64. The molecule has 2 unspecified atom stereocenters. The third-order valence-electron chi connectivity index (χ3n) is 0.924. The van der Waals surface area contributed by atoms with Crippen LogP contribution in [0, 0.1) is 0 Å². The molecule has 4 heteroatoms. The molecule has 3 nitrogen and oxygen atoms in total. The van der Waals surface area contributed by atoms with E-state index in [4.69, 9.17) is 10.00 Å². The van der Waals surface area contributed by atoms with Gasteiger partial charge in [-0.05, 0) is 11.5 Å². The lowest BCUT2D eigenvalue weighted by molar-refractivity contribution is 0.285. The predicted octanol–water partition coefficient (Wildman–Crippen LogP) is 0.492. The Labute approximate surface area is 49.2 Å². The lowest BCUT2D eigenvalue weighted by atomic mass is 10.3. The third kappa shape index (κ3) is 3.08. The van der Waals surface area contributed by atoms with Crippen LogP contribution >= 0.6 is 8.03 Å². The second-order valence-corrected chi connectivity index (χ2v) is 3.15. The first-order chi connectivity index (χ1) is 3.68. The summed E-state index contributed by atoms with van der Waals surface area (Å²) in [5, 5.41) is 8.25. The Hall–Kier alpha value is 0.0200. The Morgan fingerprint density at radius 3 is 2.38 bits per heavy atom. The molecular weight excluding hydrogens is 127 g/mol. The molecule has 0 fully saturated rings. The Bertz CT molecular complexity index is 83.4. The van der Waals surface area contributed by atoms with Crippen molar-refractivity contribution < 1.29 is 14.6 Å². The molecule has 0 aliphatic rings. The fourth-order valence-corrected chi connectivity index (χ4v) is 0.634. The average Bonchev–Trinajstić information content (AvgIpc) is 1.67. The highest BCUT2D eigenvalue weighted by atomic mass is 31.1. The van der Waals surface area contributed by atoms with Crippen LogP contribution in [0.2, 0.25) is 0 Å². The molecule has 0 bridgehead atoms. The molecule has 2 atom stereocenters. The van der Waals surface area contributed by atoms with Crippen molar-refractivity contribution in [2.75, 3.05) is 6.61 Å². The maximum Gasteiger partial charge on any atom is 0.508 e. The maximum atomic E-state index is 10.1. The van der Waals surface area contributed by atoms with Gasteiger partial charge in [0, 0.05) is 13.0 Å². The second-order valence-electron chi connectivity index (χ2n) is 1.66. The van der Waals surface area contributed by atoms with E-state index >= 15 is 0 Å². The minimum absolute atomic E-state index is 0.0111. The van der Waals surface area contributed by atoms with Gasteiger partial charge < -0.3 is 5.11 Å². The summed E-state index contributed by atoms with van der Waals surface area (Å²) in [6.45, 7) is 1.62. The zero-order valence-electron chi connectivity index (χ0n) is 4.74. The van der Waals surface area contributed by atoms with Crippen molar-refractivity contribution in [3.8, 4) is 0 Å².